The van der Waals surface area contributed by atoms with Crippen molar-refractivity contribution in [3.63, 3.8) is 0 Å². The predicted molar refractivity (Wildman–Crippen MR) is 51.7 cm³/mol. The lowest BCUT2D eigenvalue weighted by Gasteiger charge is -1.98. The van der Waals surface area contributed by atoms with Crippen molar-refractivity contribution < 1.29 is 4.39 Å². The van der Waals surface area contributed by atoms with Gasteiger partial charge in [-0.05, 0) is 12.8 Å². The summed E-state index contributed by atoms with van der Waals surface area (Å²) >= 11 is 0. The highest BCUT2D eigenvalue weighted by Crippen LogP contribution is 2.07. The second kappa shape index (κ2) is 10.5. The standard InChI is InChI=1S/C11H19F/c1-2-3-4-5-6-7-8-9-10-11-12/h1H,3-11H2. The Morgan fingerprint density at radius 3 is 1.83 bits per heavy atom. The Labute approximate surface area is 75.6 Å². The van der Waals surface area contributed by atoms with E-state index < -0.39 is 0 Å². The Bertz CT molecular complexity index is 113. The minimum absolute atomic E-state index is 0.156. The second-order valence-corrected chi connectivity index (χ2v) is 3.12. The van der Waals surface area contributed by atoms with E-state index >= 15 is 0 Å². The molecule has 0 bridgehead atoms. The van der Waals surface area contributed by atoms with Crippen molar-refractivity contribution in [3.05, 3.63) is 0 Å². The lowest BCUT2D eigenvalue weighted by atomic mass is 10.1. The van der Waals surface area contributed by atoms with Gasteiger partial charge in [0.2, 0.25) is 0 Å². The van der Waals surface area contributed by atoms with Gasteiger partial charge in [0.05, 0.1) is 6.67 Å². The van der Waals surface area contributed by atoms with E-state index in [1.807, 2.05) is 0 Å². The summed E-state index contributed by atoms with van der Waals surface area (Å²) in [5, 5.41) is 0. The van der Waals surface area contributed by atoms with Crippen LogP contribution in [0.5, 0.6) is 0 Å². The topological polar surface area (TPSA) is 0 Å². The Kier molecular flexibility index (Phi) is 10.0. The summed E-state index contributed by atoms with van der Waals surface area (Å²) in [5.74, 6) is 2.63. The first-order valence-electron chi connectivity index (χ1n) is 4.91. The van der Waals surface area contributed by atoms with Crippen LogP contribution in [0.1, 0.15) is 51.4 Å². The van der Waals surface area contributed by atoms with E-state index in [9.17, 15) is 4.39 Å². The van der Waals surface area contributed by atoms with Crippen molar-refractivity contribution in [1.29, 1.82) is 0 Å². The third-order valence-electron chi connectivity index (χ3n) is 1.95. The van der Waals surface area contributed by atoms with Crippen LogP contribution in [0.2, 0.25) is 0 Å². The fourth-order valence-electron chi connectivity index (χ4n) is 1.21. The summed E-state index contributed by atoms with van der Waals surface area (Å²) in [6.45, 7) is -0.156. The fourth-order valence-corrected chi connectivity index (χ4v) is 1.21. The molecule has 0 nitrogen and oxygen atoms in total. The highest BCUT2D eigenvalue weighted by molar-refractivity contribution is 4.82. The number of terminal acetylenes is 1. The number of alkyl halides is 1. The highest BCUT2D eigenvalue weighted by atomic mass is 19.1. The molecule has 0 unspecified atom stereocenters. The molecule has 0 atom stereocenters. The van der Waals surface area contributed by atoms with Gasteiger partial charge >= 0.3 is 0 Å². The van der Waals surface area contributed by atoms with Crippen molar-refractivity contribution in [2.75, 3.05) is 6.67 Å². The minimum atomic E-state index is -0.156. The van der Waals surface area contributed by atoms with Gasteiger partial charge < -0.3 is 0 Å². The second-order valence-electron chi connectivity index (χ2n) is 3.12. The molecular formula is C11H19F. The summed E-state index contributed by atoms with van der Waals surface area (Å²) in [7, 11) is 0. The van der Waals surface area contributed by atoms with Gasteiger partial charge in [-0.1, -0.05) is 32.1 Å². The molecule has 0 aromatic heterocycles. The van der Waals surface area contributed by atoms with Gasteiger partial charge in [0.1, 0.15) is 0 Å². The van der Waals surface area contributed by atoms with Crippen LogP contribution < -0.4 is 0 Å². The quantitative estimate of drug-likeness (QED) is 0.385. The zero-order valence-electron chi connectivity index (χ0n) is 7.82. The predicted octanol–water partition coefficient (Wildman–Crippen LogP) is 3.71. The third kappa shape index (κ3) is 9.49. The van der Waals surface area contributed by atoms with Crippen molar-refractivity contribution in [1.82, 2.24) is 0 Å². The Hall–Kier alpha value is -0.510. The molecule has 12 heavy (non-hydrogen) atoms. The van der Waals surface area contributed by atoms with E-state index in [0.29, 0.717) is 0 Å². The molecule has 1 heteroatoms. The molecule has 0 aromatic carbocycles. The Morgan fingerprint density at radius 2 is 1.33 bits per heavy atom. The van der Waals surface area contributed by atoms with Crippen molar-refractivity contribution in [2.24, 2.45) is 0 Å². The number of hydrogen-bond acceptors (Lipinski definition) is 0. The van der Waals surface area contributed by atoms with Crippen LogP contribution in [-0.4, -0.2) is 6.67 Å². The van der Waals surface area contributed by atoms with Gasteiger partial charge in [-0.3, -0.25) is 4.39 Å². The van der Waals surface area contributed by atoms with Crippen LogP contribution in [0.15, 0.2) is 0 Å². The summed E-state index contributed by atoms with van der Waals surface area (Å²) < 4.78 is 11.6. The summed E-state index contributed by atoms with van der Waals surface area (Å²) in [4.78, 5) is 0. The molecule has 0 aliphatic rings. The van der Waals surface area contributed by atoms with E-state index in [-0.39, 0.29) is 6.67 Å². The number of hydrogen-bond donors (Lipinski definition) is 0. The van der Waals surface area contributed by atoms with E-state index in [1.54, 1.807) is 0 Å². The molecule has 0 aromatic rings. The normalized spacial score (nSPS) is 9.67. The molecule has 0 saturated heterocycles. The van der Waals surface area contributed by atoms with E-state index in [0.717, 1.165) is 25.7 Å². The van der Waals surface area contributed by atoms with Crippen LogP contribution >= 0.6 is 0 Å². The first-order chi connectivity index (χ1) is 5.91. The van der Waals surface area contributed by atoms with Gasteiger partial charge in [-0.25, -0.2) is 0 Å². The van der Waals surface area contributed by atoms with Gasteiger partial charge in [-0.2, -0.15) is 0 Å². The van der Waals surface area contributed by atoms with E-state index in [2.05, 4.69) is 5.92 Å². The summed E-state index contributed by atoms with van der Waals surface area (Å²) in [6, 6.07) is 0. The number of rotatable bonds is 8. The maximum Gasteiger partial charge on any atom is 0.0894 e. The molecule has 0 heterocycles. The van der Waals surface area contributed by atoms with Crippen molar-refractivity contribution in [2.45, 2.75) is 51.4 Å². The zero-order valence-corrected chi connectivity index (χ0v) is 7.82. The van der Waals surface area contributed by atoms with Crippen LogP contribution in [0.4, 0.5) is 4.39 Å². The lowest BCUT2D eigenvalue weighted by Crippen LogP contribution is -1.81. The van der Waals surface area contributed by atoms with E-state index in [4.69, 9.17) is 6.42 Å². The molecule has 0 spiro atoms. The van der Waals surface area contributed by atoms with Crippen LogP contribution in [-0.2, 0) is 0 Å². The van der Waals surface area contributed by atoms with Crippen molar-refractivity contribution in [3.8, 4) is 12.3 Å². The molecule has 0 saturated carbocycles. The molecule has 70 valence electrons. The average Bonchev–Trinajstić information content (AvgIpc) is 2.10. The molecule has 0 amide bonds. The summed E-state index contributed by atoms with van der Waals surface area (Å²) in [5.41, 5.74) is 0. The first-order valence-corrected chi connectivity index (χ1v) is 4.91. The maximum absolute atomic E-state index is 11.6. The number of halogens is 1. The fraction of sp³-hybridized carbons (Fsp3) is 0.818. The molecule has 0 aliphatic heterocycles. The van der Waals surface area contributed by atoms with Gasteiger partial charge in [0.25, 0.3) is 0 Å². The van der Waals surface area contributed by atoms with Crippen LogP contribution in [0.3, 0.4) is 0 Å². The highest BCUT2D eigenvalue weighted by Gasteiger charge is 1.90. The van der Waals surface area contributed by atoms with Crippen molar-refractivity contribution >= 4 is 0 Å². The monoisotopic (exact) mass is 170 g/mol. The lowest BCUT2D eigenvalue weighted by molar-refractivity contribution is 0.450. The number of unbranched alkanes of at least 4 members (excludes halogenated alkanes) is 7. The molecule has 0 rings (SSSR count). The Morgan fingerprint density at radius 1 is 0.833 bits per heavy atom. The minimum Gasteiger partial charge on any atom is -0.251 e. The van der Waals surface area contributed by atoms with Gasteiger partial charge in [0.15, 0.2) is 0 Å². The van der Waals surface area contributed by atoms with Crippen LogP contribution in [0.25, 0.3) is 0 Å². The maximum atomic E-state index is 11.6. The van der Waals surface area contributed by atoms with E-state index in [1.165, 1.54) is 25.7 Å². The average molecular weight is 170 g/mol. The van der Waals surface area contributed by atoms with Gasteiger partial charge in [0, 0.05) is 6.42 Å². The first kappa shape index (κ1) is 11.5. The molecule has 0 N–H and O–H groups in total. The van der Waals surface area contributed by atoms with Crippen LogP contribution in [0, 0.1) is 12.3 Å². The molecule has 0 fully saturated rings. The molecular weight excluding hydrogens is 151 g/mol. The summed E-state index contributed by atoms with van der Waals surface area (Å²) in [6.07, 6.45) is 13.9. The largest absolute Gasteiger partial charge is 0.251 e. The zero-order chi connectivity index (χ0) is 9.07. The smallest absolute Gasteiger partial charge is 0.0894 e. The SMILES string of the molecule is C#CCCCCCCCCCF. The molecule has 0 radical (unpaired) electrons. The molecule has 0 aliphatic carbocycles. The third-order valence-corrected chi connectivity index (χ3v) is 1.95. The Balaban J connectivity index is 2.78. The van der Waals surface area contributed by atoms with Gasteiger partial charge in [-0.15, -0.1) is 12.3 Å².